The minimum absolute atomic E-state index is 0.110. The highest BCUT2D eigenvalue weighted by Gasteiger charge is 2.38. The van der Waals surface area contributed by atoms with E-state index in [2.05, 4.69) is 6.92 Å². The molecule has 0 rings (SSSR count). The number of aliphatic carboxylic acids is 2. The van der Waals surface area contributed by atoms with Crippen LogP contribution in [-0.2, 0) is 9.59 Å². The maximum absolute atomic E-state index is 10.7. The molecular formula is C13H23F3O4. The molecule has 0 fully saturated rings. The number of hydrogen-bond donors (Lipinski definition) is 2. The van der Waals surface area contributed by atoms with Crippen molar-refractivity contribution in [1.82, 2.24) is 0 Å². The van der Waals surface area contributed by atoms with Crippen LogP contribution >= 0.6 is 0 Å². The number of carboxylic acid groups (broad SMARTS) is 2. The predicted molar refractivity (Wildman–Crippen MR) is 68.5 cm³/mol. The van der Waals surface area contributed by atoms with E-state index in [0.717, 1.165) is 19.3 Å². The third kappa shape index (κ3) is 13.2. The van der Waals surface area contributed by atoms with Gasteiger partial charge < -0.3 is 10.2 Å². The monoisotopic (exact) mass is 300 g/mol. The SMILES string of the molecule is CCCCCCCC(CC)C(=O)O.O=C(O)C(F)(F)F. The van der Waals surface area contributed by atoms with Crippen LogP contribution in [0.5, 0.6) is 0 Å². The Morgan fingerprint density at radius 1 is 1.00 bits per heavy atom. The Balaban J connectivity index is 0. The zero-order chi connectivity index (χ0) is 16.2. The number of carbonyl (C=O) groups is 2. The number of rotatable bonds is 8. The van der Waals surface area contributed by atoms with Gasteiger partial charge >= 0.3 is 18.1 Å². The Hall–Kier alpha value is -1.27. The summed E-state index contributed by atoms with van der Waals surface area (Å²) in [6.07, 6.45) is 2.59. The lowest BCUT2D eigenvalue weighted by molar-refractivity contribution is -0.192. The highest BCUT2D eigenvalue weighted by molar-refractivity contribution is 5.73. The molecule has 0 amide bonds. The molecule has 0 bridgehead atoms. The first-order valence-electron chi connectivity index (χ1n) is 6.69. The largest absolute Gasteiger partial charge is 0.490 e. The Labute approximate surface area is 117 Å². The van der Waals surface area contributed by atoms with Gasteiger partial charge in [0.15, 0.2) is 0 Å². The number of carboxylic acids is 2. The third-order valence-electron chi connectivity index (χ3n) is 2.74. The van der Waals surface area contributed by atoms with Crippen LogP contribution in [0.3, 0.4) is 0 Å². The molecule has 0 saturated carbocycles. The minimum atomic E-state index is -5.08. The lowest BCUT2D eigenvalue weighted by Gasteiger charge is -2.08. The van der Waals surface area contributed by atoms with Gasteiger partial charge in [0.25, 0.3) is 0 Å². The van der Waals surface area contributed by atoms with Gasteiger partial charge in [0.1, 0.15) is 0 Å². The van der Waals surface area contributed by atoms with Crippen molar-refractivity contribution in [3.05, 3.63) is 0 Å². The molecule has 1 unspecified atom stereocenters. The maximum atomic E-state index is 10.7. The van der Waals surface area contributed by atoms with Gasteiger partial charge in [0, 0.05) is 0 Å². The smallest absolute Gasteiger partial charge is 0.481 e. The lowest BCUT2D eigenvalue weighted by Crippen LogP contribution is -2.21. The van der Waals surface area contributed by atoms with E-state index < -0.39 is 18.1 Å². The summed E-state index contributed by atoms with van der Waals surface area (Å²) >= 11 is 0. The fourth-order valence-corrected chi connectivity index (χ4v) is 1.50. The normalized spacial score (nSPS) is 12.2. The van der Waals surface area contributed by atoms with Crippen LogP contribution in [0.4, 0.5) is 13.2 Å². The minimum Gasteiger partial charge on any atom is -0.481 e. The fourth-order valence-electron chi connectivity index (χ4n) is 1.50. The van der Waals surface area contributed by atoms with Crippen molar-refractivity contribution >= 4 is 11.9 Å². The zero-order valence-corrected chi connectivity index (χ0v) is 11.9. The van der Waals surface area contributed by atoms with E-state index >= 15 is 0 Å². The van der Waals surface area contributed by atoms with Crippen LogP contribution in [0.15, 0.2) is 0 Å². The van der Waals surface area contributed by atoms with Crippen molar-refractivity contribution in [2.45, 2.75) is 65.0 Å². The Morgan fingerprint density at radius 3 is 1.75 bits per heavy atom. The van der Waals surface area contributed by atoms with Crippen LogP contribution < -0.4 is 0 Å². The molecule has 0 saturated heterocycles. The summed E-state index contributed by atoms with van der Waals surface area (Å²) in [5.41, 5.74) is 0. The summed E-state index contributed by atoms with van der Waals surface area (Å²) in [4.78, 5) is 19.5. The van der Waals surface area contributed by atoms with Gasteiger partial charge in [0.05, 0.1) is 5.92 Å². The standard InChI is InChI=1S/C11H22O2.C2HF3O2/c1-3-5-6-7-8-9-10(4-2)11(12)13;3-2(4,5)1(6)7/h10H,3-9H2,1-2H3,(H,12,13);(H,6,7). The number of unbranched alkanes of at least 4 members (excludes halogenated alkanes) is 4. The first kappa shape index (κ1) is 21.0. The van der Waals surface area contributed by atoms with E-state index in [9.17, 15) is 18.0 Å². The van der Waals surface area contributed by atoms with E-state index in [1.165, 1.54) is 25.7 Å². The molecular weight excluding hydrogens is 277 g/mol. The van der Waals surface area contributed by atoms with E-state index in [4.69, 9.17) is 15.0 Å². The molecule has 0 aliphatic rings. The van der Waals surface area contributed by atoms with Crippen molar-refractivity contribution in [3.8, 4) is 0 Å². The van der Waals surface area contributed by atoms with Gasteiger partial charge in [-0.05, 0) is 12.8 Å². The van der Waals surface area contributed by atoms with Crippen LogP contribution in [-0.4, -0.2) is 28.3 Å². The van der Waals surface area contributed by atoms with E-state index in [-0.39, 0.29) is 5.92 Å². The second-order valence-electron chi connectivity index (χ2n) is 4.45. The molecule has 0 heterocycles. The predicted octanol–water partition coefficient (Wildman–Crippen LogP) is 4.09. The van der Waals surface area contributed by atoms with Gasteiger partial charge in [-0.1, -0.05) is 46.0 Å². The van der Waals surface area contributed by atoms with Gasteiger partial charge in [-0.25, -0.2) is 4.79 Å². The maximum Gasteiger partial charge on any atom is 0.490 e. The summed E-state index contributed by atoms with van der Waals surface area (Å²) in [6.45, 7) is 4.14. The Morgan fingerprint density at radius 2 is 1.45 bits per heavy atom. The van der Waals surface area contributed by atoms with Gasteiger partial charge in [-0.15, -0.1) is 0 Å². The van der Waals surface area contributed by atoms with Crippen molar-refractivity contribution in [1.29, 1.82) is 0 Å². The first-order chi connectivity index (χ1) is 9.16. The molecule has 0 aromatic rings. The quantitative estimate of drug-likeness (QED) is 0.662. The molecule has 20 heavy (non-hydrogen) atoms. The highest BCUT2D eigenvalue weighted by Crippen LogP contribution is 2.14. The van der Waals surface area contributed by atoms with Crippen molar-refractivity contribution in [2.75, 3.05) is 0 Å². The molecule has 1 atom stereocenters. The zero-order valence-electron chi connectivity index (χ0n) is 11.9. The van der Waals surface area contributed by atoms with Gasteiger partial charge in [-0.3, -0.25) is 4.79 Å². The molecule has 2 N–H and O–H groups in total. The van der Waals surface area contributed by atoms with Crippen molar-refractivity contribution in [2.24, 2.45) is 5.92 Å². The van der Waals surface area contributed by atoms with Crippen LogP contribution in [0.2, 0.25) is 0 Å². The first-order valence-corrected chi connectivity index (χ1v) is 6.69. The second-order valence-corrected chi connectivity index (χ2v) is 4.45. The fraction of sp³-hybridized carbons (Fsp3) is 0.846. The van der Waals surface area contributed by atoms with Crippen LogP contribution in [0.1, 0.15) is 58.8 Å². The van der Waals surface area contributed by atoms with Crippen LogP contribution in [0.25, 0.3) is 0 Å². The lowest BCUT2D eigenvalue weighted by atomic mass is 9.98. The van der Waals surface area contributed by atoms with E-state index in [1.807, 2.05) is 6.92 Å². The third-order valence-corrected chi connectivity index (χ3v) is 2.74. The van der Waals surface area contributed by atoms with Gasteiger partial charge in [-0.2, -0.15) is 13.2 Å². The summed E-state index contributed by atoms with van der Waals surface area (Å²) in [5.74, 6) is -3.49. The molecule has 4 nitrogen and oxygen atoms in total. The summed E-state index contributed by atoms with van der Waals surface area (Å²) in [6, 6.07) is 0. The molecule has 0 radical (unpaired) electrons. The average Bonchev–Trinajstić information content (AvgIpc) is 2.33. The molecule has 120 valence electrons. The van der Waals surface area contributed by atoms with E-state index in [1.54, 1.807) is 0 Å². The second kappa shape index (κ2) is 11.5. The van der Waals surface area contributed by atoms with Gasteiger partial charge in [0.2, 0.25) is 0 Å². The van der Waals surface area contributed by atoms with Crippen molar-refractivity contribution in [3.63, 3.8) is 0 Å². The van der Waals surface area contributed by atoms with Crippen molar-refractivity contribution < 1.29 is 33.0 Å². The Kier molecular flexibility index (Phi) is 12.1. The Bertz CT molecular complexity index is 277. The molecule has 0 aromatic carbocycles. The van der Waals surface area contributed by atoms with E-state index in [0.29, 0.717) is 0 Å². The molecule has 0 aliphatic heterocycles. The summed E-state index contributed by atoms with van der Waals surface area (Å²) < 4.78 is 31.7. The summed E-state index contributed by atoms with van der Waals surface area (Å²) in [5, 5.41) is 15.9. The highest BCUT2D eigenvalue weighted by atomic mass is 19.4. The number of alkyl halides is 3. The topological polar surface area (TPSA) is 74.6 Å². The summed E-state index contributed by atoms with van der Waals surface area (Å²) in [7, 11) is 0. The molecule has 0 aliphatic carbocycles. The molecule has 0 spiro atoms. The number of hydrogen-bond acceptors (Lipinski definition) is 2. The number of halogens is 3. The molecule has 7 heteroatoms. The molecule has 0 aromatic heterocycles. The van der Waals surface area contributed by atoms with Crippen LogP contribution in [0, 0.1) is 5.92 Å². The average molecular weight is 300 g/mol.